The van der Waals surface area contributed by atoms with E-state index in [4.69, 9.17) is 0 Å². The minimum atomic E-state index is 0.171. The zero-order valence-electron chi connectivity index (χ0n) is 10.9. The van der Waals surface area contributed by atoms with E-state index >= 15 is 0 Å². The van der Waals surface area contributed by atoms with Crippen LogP contribution >= 0.6 is 0 Å². The molecule has 1 N–H and O–H groups in total. The van der Waals surface area contributed by atoms with Crippen LogP contribution in [0.15, 0.2) is 30.3 Å². The molecule has 0 aliphatic carbocycles. The minimum absolute atomic E-state index is 0.171. The fourth-order valence-electron chi connectivity index (χ4n) is 1.69. The van der Waals surface area contributed by atoms with E-state index in [1.807, 2.05) is 6.07 Å². The summed E-state index contributed by atoms with van der Waals surface area (Å²) in [5.41, 5.74) is 1.33. The molecule has 1 aromatic carbocycles. The van der Waals surface area contributed by atoms with Crippen LogP contribution in [0.1, 0.15) is 18.9 Å². The van der Waals surface area contributed by atoms with Gasteiger partial charge in [0, 0.05) is 33.1 Å². The summed E-state index contributed by atoms with van der Waals surface area (Å²) in [5.74, 6) is 0.171. The van der Waals surface area contributed by atoms with Crippen molar-refractivity contribution < 1.29 is 4.79 Å². The Morgan fingerprint density at radius 3 is 2.53 bits per heavy atom. The number of carbonyl (C=O) groups excluding carboxylic acids is 1. The quantitative estimate of drug-likeness (QED) is 0.812. The van der Waals surface area contributed by atoms with Gasteiger partial charge in [-0.25, -0.2) is 0 Å². The number of carbonyl (C=O) groups is 1. The second kappa shape index (κ2) is 7.07. The van der Waals surface area contributed by atoms with Crippen molar-refractivity contribution in [3.63, 3.8) is 0 Å². The van der Waals surface area contributed by atoms with Crippen LogP contribution < -0.4 is 5.32 Å². The normalized spacial score (nSPS) is 12.2. The SMILES string of the molecule is CC(Cc1ccccc1)NCCC(=O)N(C)C. The van der Waals surface area contributed by atoms with Crippen LogP contribution in [0.5, 0.6) is 0 Å². The van der Waals surface area contributed by atoms with Gasteiger partial charge in [-0.1, -0.05) is 30.3 Å². The molecular formula is C14H22N2O. The van der Waals surface area contributed by atoms with Crippen LogP contribution in [0.3, 0.4) is 0 Å². The number of hydrogen-bond acceptors (Lipinski definition) is 2. The number of hydrogen-bond donors (Lipinski definition) is 1. The lowest BCUT2D eigenvalue weighted by Gasteiger charge is -2.15. The van der Waals surface area contributed by atoms with Crippen molar-refractivity contribution in [3.8, 4) is 0 Å². The maximum absolute atomic E-state index is 11.4. The summed E-state index contributed by atoms with van der Waals surface area (Å²) < 4.78 is 0. The first kappa shape index (κ1) is 13.7. The zero-order valence-corrected chi connectivity index (χ0v) is 10.9. The minimum Gasteiger partial charge on any atom is -0.349 e. The van der Waals surface area contributed by atoms with Gasteiger partial charge in [0.15, 0.2) is 0 Å². The molecule has 1 amide bonds. The van der Waals surface area contributed by atoms with Crippen LogP contribution in [-0.2, 0) is 11.2 Å². The molecule has 0 radical (unpaired) electrons. The van der Waals surface area contributed by atoms with Gasteiger partial charge in [0.05, 0.1) is 0 Å². The Balaban J connectivity index is 2.22. The molecule has 0 aliphatic rings. The molecular weight excluding hydrogens is 212 g/mol. The van der Waals surface area contributed by atoms with E-state index in [0.29, 0.717) is 12.5 Å². The van der Waals surface area contributed by atoms with E-state index in [2.05, 4.69) is 36.5 Å². The Kier molecular flexibility index (Phi) is 5.70. The molecule has 94 valence electrons. The fourth-order valence-corrected chi connectivity index (χ4v) is 1.69. The third-order valence-corrected chi connectivity index (χ3v) is 2.72. The van der Waals surface area contributed by atoms with Gasteiger partial charge in [0.25, 0.3) is 0 Å². The van der Waals surface area contributed by atoms with E-state index < -0.39 is 0 Å². The molecule has 17 heavy (non-hydrogen) atoms. The number of nitrogens with zero attached hydrogens (tertiary/aromatic N) is 1. The van der Waals surface area contributed by atoms with E-state index in [9.17, 15) is 4.79 Å². The third kappa shape index (κ3) is 5.50. The Hall–Kier alpha value is -1.35. The molecule has 3 heteroatoms. The first-order chi connectivity index (χ1) is 8.09. The monoisotopic (exact) mass is 234 g/mol. The number of amides is 1. The zero-order chi connectivity index (χ0) is 12.7. The van der Waals surface area contributed by atoms with Gasteiger partial charge in [-0.15, -0.1) is 0 Å². The molecule has 0 heterocycles. The smallest absolute Gasteiger partial charge is 0.223 e. The Morgan fingerprint density at radius 1 is 1.29 bits per heavy atom. The lowest BCUT2D eigenvalue weighted by Crippen LogP contribution is -2.32. The summed E-state index contributed by atoms with van der Waals surface area (Å²) in [6, 6.07) is 10.8. The van der Waals surface area contributed by atoms with Crippen LogP contribution in [0, 0.1) is 0 Å². The predicted molar refractivity (Wildman–Crippen MR) is 70.9 cm³/mol. The molecule has 0 saturated heterocycles. The van der Waals surface area contributed by atoms with E-state index in [0.717, 1.165) is 13.0 Å². The molecule has 0 spiro atoms. The molecule has 3 nitrogen and oxygen atoms in total. The summed E-state index contributed by atoms with van der Waals surface area (Å²) >= 11 is 0. The van der Waals surface area contributed by atoms with Gasteiger partial charge in [0.2, 0.25) is 5.91 Å². The molecule has 1 aromatic rings. The first-order valence-corrected chi connectivity index (χ1v) is 6.07. The van der Waals surface area contributed by atoms with Gasteiger partial charge >= 0.3 is 0 Å². The Bertz CT molecular complexity index is 335. The van der Waals surface area contributed by atoms with Crippen LogP contribution in [0.4, 0.5) is 0 Å². The standard InChI is InChI=1S/C14H22N2O/c1-12(11-13-7-5-4-6-8-13)15-10-9-14(17)16(2)3/h4-8,12,15H,9-11H2,1-3H3. The maximum atomic E-state index is 11.4. The third-order valence-electron chi connectivity index (χ3n) is 2.72. The highest BCUT2D eigenvalue weighted by Gasteiger charge is 2.06. The van der Waals surface area contributed by atoms with Crippen molar-refractivity contribution in [2.24, 2.45) is 0 Å². The Morgan fingerprint density at radius 2 is 1.94 bits per heavy atom. The van der Waals surface area contributed by atoms with Gasteiger partial charge in [0.1, 0.15) is 0 Å². The van der Waals surface area contributed by atoms with Gasteiger partial charge in [-0.05, 0) is 18.9 Å². The van der Waals surface area contributed by atoms with Crippen molar-refractivity contribution in [2.45, 2.75) is 25.8 Å². The molecule has 1 unspecified atom stereocenters. The van der Waals surface area contributed by atoms with Crippen molar-refractivity contribution in [1.82, 2.24) is 10.2 Å². The van der Waals surface area contributed by atoms with E-state index in [1.54, 1.807) is 19.0 Å². The second-order valence-electron chi connectivity index (χ2n) is 4.58. The largest absolute Gasteiger partial charge is 0.349 e. The maximum Gasteiger partial charge on any atom is 0.223 e. The summed E-state index contributed by atoms with van der Waals surface area (Å²) in [7, 11) is 3.57. The molecule has 0 aromatic heterocycles. The summed E-state index contributed by atoms with van der Waals surface area (Å²) in [6.45, 7) is 2.89. The van der Waals surface area contributed by atoms with Crippen molar-refractivity contribution in [2.75, 3.05) is 20.6 Å². The highest BCUT2D eigenvalue weighted by Crippen LogP contribution is 2.02. The highest BCUT2D eigenvalue weighted by atomic mass is 16.2. The van der Waals surface area contributed by atoms with E-state index in [1.165, 1.54) is 5.56 Å². The summed E-state index contributed by atoms with van der Waals surface area (Å²) in [6.07, 6.45) is 1.56. The van der Waals surface area contributed by atoms with Crippen LogP contribution in [0.25, 0.3) is 0 Å². The van der Waals surface area contributed by atoms with Gasteiger partial charge < -0.3 is 10.2 Å². The first-order valence-electron chi connectivity index (χ1n) is 6.07. The van der Waals surface area contributed by atoms with Crippen molar-refractivity contribution in [3.05, 3.63) is 35.9 Å². The molecule has 1 rings (SSSR count). The Labute approximate surface area is 104 Å². The van der Waals surface area contributed by atoms with Crippen molar-refractivity contribution in [1.29, 1.82) is 0 Å². The average molecular weight is 234 g/mol. The predicted octanol–water partition coefficient (Wildman–Crippen LogP) is 1.69. The van der Waals surface area contributed by atoms with E-state index in [-0.39, 0.29) is 5.91 Å². The highest BCUT2D eigenvalue weighted by molar-refractivity contribution is 5.75. The van der Waals surface area contributed by atoms with Crippen LogP contribution in [0.2, 0.25) is 0 Å². The average Bonchev–Trinajstić information content (AvgIpc) is 2.30. The molecule has 0 saturated carbocycles. The van der Waals surface area contributed by atoms with Crippen LogP contribution in [-0.4, -0.2) is 37.5 Å². The van der Waals surface area contributed by atoms with Gasteiger partial charge in [-0.2, -0.15) is 0 Å². The molecule has 1 atom stereocenters. The lowest BCUT2D eigenvalue weighted by molar-refractivity contribution is -0.128. The lowest BCUT2D eigenvalue weighted by atomic mass is 10.1. The number of rotatable bonds is 6. The topological polar surface area (TPSA) is 32.3 Å². The second-order valence-corrected chi connectivity index (χ2v) is 4.58. The van der Waals surface area contributed by atoms with Crippen molar-refractivity contribution >= 4 is 5.91 Å². The summed E-state index contributed by atoms with van der Waals surface area (Å²) in [4.78, 5) is 13.0. The number of nitrogens with one attached hydrogen (secondary N) is 1. The fraction of sp³-hybridized carbons (Fsp3) is 0.500. The molecule has 0 fully saturated rings. The number of benzene rings is 1. The molecule has 0 aliphatic heterocycles. The molecule has 0 bridgehead atoms. The summed E-state index contributed by atoms with van der Waals surface area (Å²) in [5, 5.41) is 3.37. The van der Waals surface area contributed by atoms with Gasteiger partial charge in [-0.3, -0.25) is 4.79 Å².